The van der Waals surface area contributed by atoms with E-state index in [2.05, 4.69) is 22.0 Å². The minimum absolute atomic E-state index is 0.670. The molecule has 0 radical (unpaired) electrons. The second-order valence-electron chi connectivity index (χ2n) is 3.71. The van der Waals surface area contributed by atoms with E-state index in [-0.39, 0.29) is 0 Å². The zero-order valence-corrected chi connectivity index (χ0v) is 11.8. The monoisotopic (exact) mass is 311 g/mol. The van der Waals surface area contributed by atoms with Crippen LogP contribution in [0.5, 0.6) is 0 Å². The molecule has 1 heterocycles. The molecule has 0 saturated heterocycles. The molecule has 1 aromatic carbocycles. The number of anilines is 1. The quantitative estimate of drug-likeness (QED) is 0.672. The zero-order chi connectivity index (χ0) is 12.1. The highest BCUT2D eigenvalue weighted by Gasteiger charge is 2.00. The van der Waals surface area contributed by atoms with Gasteiger partial charge in [0.25, 0.3) is 0 Å². The van der Waals surface area contributed by atoms with E-state index in [4.69, 9.17) is 10.5 Å². The van der Waals surface area contributed by atoms with Crippen LogP contribution in [0.25, 0.3) is 0 Å². The highest BCUT2D eigenvalue weighted by molar-refractivity contribution is 9.11. The first-order valence-electron chi connectivity index (χ1n) is 5.41. The van der Waals surface area contributed by atoms with Gasteiger partial charge < -0.3 is 10.5 Å². The van der Waals surface area contributed by atoms with Crippen molar-refractivity contribution in [2.75, 3.05) is 12.3 Å². The van der Waals surface area contributed by atoms with E-state index >= 15 is 0 Å². The predicted octanol–water partition coefficient (Wildman–Crippen LogP) is 3.85. The van der Waals surface area contributed by atoms with Crippen LogP contribution in [0.3, 0.4) is 0 Å². The smallest absolute Gasteiger partial charge is 0.0809 e. The molecular weight excluding hydrogens is 298 g/mol. The Hall–Kier alpha value is -0.840. The fourth-order valence-electron chi connectivity index (χ4n) is 1.55. The van der Waals surface area contributed by atoms with Crippen LogP contribution in [-0.4, -0.2) is 6.61 Å². The van der Waals surface area contributed by atoms with Crippen molar-refractivity contribution in [2.24, 2.45) is 0 Å². The van der Waals surface area contributed by atoms with Crippen molar-refractivity contribution in [1.29, 1.82) is 0 Å². The lowest BCUT2D eigenvalue weighted by atomic mass is 10.1. The number of rotatable bonds is 5. The molecule has 0 saturated carbocycles. The van der Waals surface area contributed by atoms with E-state index in [0.717, 1.165) is 21.5 Å². The Morgan fingerprint density at radius 1 is 1.18 bits per heavy atom. The number of nitrogens with two attached hydrogens (primary N) is 1. The van der Waals surface area contributed by atoms with Crippen LogP contribution in [0.15, 0.2) is 40.2 Å². The van der Waals surface area contributed by atoms with Gasteiger partial charge in [0.15, 0.2) is 0 Å². The van der Waals surface area contributed by atoms with Crippen LogP contribution in [0, 0.1) is 0 Å². The highest BCUT2D eigenvalue weighted by atomic mass is 79.9. The minimum Gasteiger partial charge on any atom is -0.399 e. The van der Waals surface area contributed by atoms with Gasteiger partial charge >= 0.3 is 0 Å². The van der Waals surface area contributed by atoms with Crippen LogP contribution >= 0.6 is 27.3 Å². The molecule has 0 aliphatic carbocycles. The van der Waals surface area contributed by atoms with E-state index in [1.807, 2.05) is 30.3 Å². The average molecular weight is 312 g/mol. The van der Waals surface area contributed by atoms with Gasteiger partial charge in [-0.25, -0.2) is 0 Å². The molecule has 0 fully saturated rings. The van der Waals surface area contributed by atoms with Gasteiger partial charge in [-0.3, -0.25) is 0 Å². The maximum absolute atomic E-state index is 5.86. The molecular formula is C13H14BrNOS. The van der Waals surface area contributed by atoms with Crippen LogP contribution in [-0.2, 0) is 17.8 Å². The lowest BCUT2D eigenvalue weighted by molar-refractivity contribution is 0.126. The summed E-state index contributed by atoms with van der Waals surface area (Å²) in [5.41, 5.74) is 7.85. The molecule has 0 aliphatic rings. The molecule has 2 nitrogen and oxygen atoms in total. The third kappa shape index (κ3) is 3.84. The Labute approximate surface area is 114 Å². The topological polar surface area (TPSA) is 35.2 Å². The van der Waals surface area contributed by atoms with Crippen LogP contribution in [0.4, 0.5) is 5.69 Å². The van der Waals surface area contributed by atoms with Crippen molar-refractivity contribution in [3.05, 3.63) is 50.6 Å². The molecule has 0 unspecified atom stereocenters. The second-order valence-corrected chi connectivity index (χ2v) is 6.25. The molecule has 0 atom stereocenters. The molecule has 2 rings (SSSR count). The number of hydrogen-bond donors (Lipinski definition) is 1. The fourth-order valence-corrected chi connectivity index (χ4v) is 2.97. The van der Waals surface area contributed by atoms with Crippen molar-refractivity contribution >= 4 is 33.0 Å². The van der Waals surface area contributed by atoms with Crippen molar-refractivity contribution in [3.8, 4) is 0 Å². The summed E-state index contributed by atoms with van der Waals surface area (Å²) in [6.07, 6.45) is 0.860. The summed E-state index contributed by atoms with van der Waals surface area (Å²) in [6.45, 7) is 1.37. The first-order valence-corrected chi connectivity index (χ1v) is 7.02. The predicted molar refractivity (Wildman–Crippen MR) is 76.2 cm³/mol. The summed E-state index contributed by atoms with van der Waals surface area (Å²) in [5, 5.41) is 0. The van der Waals surface area contributed by atoms with Gasteiger partial charge in [0.05, 0.1) is 17.0 Å². The molecule has 4 heteroatoms. The summed E-state index contributed by atoms with van der Waals surface area (Å²) in [5.74, 6) is 0. The van der Waals surface area contributed by atoms with Crippen molar-refractivity contribution in [2.45, 2.75) is 13.0 Å². The van der Waals surface area contributed by atoms with Gasteiger partial charge in [-0.05, 0) is 46.1 Å². The van der Waals surface area contributed by atoms with Crippen LogP contribution in [0.2, 0.25) is 0 Å². The number of thiophene rings is 1. The Balaban J connectivity index is 1.75. The van der Waals surface area contributed by atoms with Crippen LogP contribution in [0.1, 0.15) is 10.4 Å². The second kappa shape index (κ2) is 6.19. The normalized spacial score (nSPS) is 10.6. The van der Waals surface area contributed by atoms with Gasteiger partial charge in [0, 0.05) is 10.6 Å². The largest absolute Gasteiger partial charge is 0.399 e. The van der Waals surface area contributed by atoms with E-state index in [1.54, 1.807) is 11.3 Å². The SMILES string of the molecule is Nc1ccccc1CCOCc1ccc(Br)s1. The molecule has 0 aliphatic heterocycles. The van der Waals surface area contributed by atoms with Gasteiger partial charge in [-0.2, -0.15) is 0 Å². The fraction of sp³-hybridized carbons (Fsp3) is 0.231. The third-order valence-electron chi connectivity index (χ3n) is 2.44. The third-order valence-corrected chi connectivity index (χ3v) is 4.04. The van der Waals surface area contributed by atoms with Crippen molar-refractivity contribution in [3.63, 3.8) is 0 Å². The number of para-hydroxylation sites is 1. The Morgan fingerprint density at radius 2 is 2.00 bits per heavy atom. The number of halogens is 1. The molecule has 17 heavy (non-hydrogen) atoms. The molecule has 0 amide bonds. The molecule has 2 N–H and O–H groups in total. The number of nitrogen functional groups attached to an aromatic ring is 1. The summed E-state index contributed by atoms with van der Waals surface area (Å²) >= 11 is 5.14. The van der Waals surface area contributed by atoms with E-state index in [1.165, 1.54) is 4.88 Å². The summed E-state index contributed by atoms with van der Waals surface area (Å²) in [6, 6.07) is 12.0. The lowest BCUT2D eigenvalue weighted by Crippen LogP contribution is -2.01. The van der Waals surface area contributed by atoms with Crippen LogP contribution < -0.4 is 5.73 Å². The maximum Gasteiger partial charge on any atom is 0.0809 e. The standard InChI is InChI=1S/C13H14BrNOS/c14-13-6-5-11(17-13)9-16-8-7-10-3-1-2-4-12(10)15/h1-6H,7-9,15H2. The van der Waals surface area contributed by atoms with Gasteiger partial charge in [-0.1, -0.05) is 18.2 Å². The van der Waals surface area contributed by atoms with Gasteiger partial charge in [0.1, 0.15) is 0 Å². The average Bonchev–Trinajstić information content (AvgIpc) is 2.73. The lowest BCUT2D eigenvalue weighted by Gasteiger charge is -2.05. The summed E-state index contributed by atoms with van der Waals surface area (Å²) in [7, 11) is 0. The Bertz CT molecular complexity index is 484. The van der Waals surface area contributed by atoms with Gasteiger partial charge in [0.2, 0.25) is 0 Å². The number of benzene rings is 1. The zero-order valence-electron chi connectivity index (χ0n) is 9.36. The molecule has 1 aromatic heterocycles. The van der Waals surface area contributed by atoms with Crippen molar-refractivity contribution in [1.82, 2.24) is 0 Å². The number of hydrogen-bond acceptors (Lipinski definition) is 3. The molecule has 2 aromatic rings. The maximum atomic E-state index is 5.86. The van der Waals surface area contributed by atoms with E-state index in [9.17, 15) is 0 Å². The van der Waals surface area contributed by atoms with E-state index in [0.29, 0.717) is 13.2 Å². The molecule has 90 valence electrons. The highest BCUT2D eigenvalue weighted by Crippen LogP contribution is 2.22. The molecule has 0 spiro atoms. The Morgan fingerprint density at radius 3 is 2.71 bits per heavy atom. The number of ether oxygens (including phenoxy) is 1. The molecule has 0 bridgehead atoms. The van der Waals surface area contributed by atoms with E-state index < -0.39 is 0 Å². The first kappa shape index (κ1) is 12.6. The van der Waals surface area contributed by atoms with Gasteiger partial charge in [-0.15, -0.1) is 11.3 Å². The summed E-state index contributed by atoms with van der Waals surface area (Å²) < 4.78 is 6.77. The van der Waals surface area contributed by atoms with Crippen molar-refractivity contribution < 1.29 is 4.74 Å². The first-order chi connectivity index (χ1) is 8.25. The Kier molecular flexibility index (Phi) is 4.59. The minimum atomic E-state index is 0.670. The summed E-state index contributed by atoms with van der Waals surface area (Å²) in [4.78, 5) is 1.23.